The number of carboxylic acid groups (broad SMARTS) is 2. The highest BCUT2D eigenvalue weighted by Crippen LogP contribution is 2.24. The van der Waals surface area contributed by atoms with Gasteiger partial charge in [-0.1, -0.05) is 12.2 Å². The number of rotatable bonds is 5. The van der Waals surface area contributed by atoms with Crippen LogP contribution in [-0.2, 0) is 19.2 Å². The summed E-state index contributed by atoms with van der Waals surface area (Å²) in [4.78, 5) is 44.5. The van der Waals surface area contributed by atoms with E-state index in [9.17, 15) is 24.3 Å². The minimum Gasteiger partial charge on any atom is -0.479 e. The van der Waals surface area contributed by atoms with E-state index in [-0.39, 0.29) is 12.0 Å². The lowest BCUT2D eigenvalue weighted by molar-refractivity contribution is -0.146. The standard InChI is InChI=1S/C12H13NO6/c1-7(14)5-9(15)13-12(11(18)19)4-2-3-8(6-12)10(16)17/h2-4H,5-6H2,1H3,(H,13,15)(H,16,17)(H,18,19). The molecular formula is C12H13NO6. The Hall–Kier alpha value is -2.44. The Morgan fingerprint density at radius 2 is 1.95 bits per heavy atom. The fourth-order valence-corrected chi connectivity index (χ4v) is 1.70. The van der Waals surface area contributed by atoms with Crippen molar-refractivity contribution in [2.75, 3.05) is 0 Å². The maximum Gasteiger partial charge on any atom is 0.333 e. The van der Waals surface area contributed by atoms with E-state index in [4.69, 9.17) is 5.11 Å². The van der Waals surface area contributed by atoms with E-state index in [1.54, 1.807) is 0 Å². The minimum absolute atomic E-state index is 0.131. The van der Waals surface area contributed by atoms with Crippen LogP contribution in [0.4, 0.5) is 0 Å². The van der Waals surface area contributed by atoms with Gasteiger partial charge in [0, 0.05) is 12.0 Å². The molecule has 0 bridgehead atoms. The predicted molar refractivity (Wildman–Crippen MR) is 63.3 cm³/mol. The Balaban J connectivity index is 2.95. The molecule has 0 aliphatic heterocycles. The summed E-state index contributed by atoms with van der Waals surface area (Å²) in [6, 6.07) is 0. The van der Waals surface area contributed by atoms with E-state index in [0.717, 1.165) is 0 Å². The van der Waals surface area contributed by atoms with Gasteiger partial charge in [0.1, 0.15) is 5.78 Å². The summed E-state index contributed by atoms with van der Waals surface area (Å²) in [6.45, 7) is 1.20. The largest absolute Gasteiger partial charge is 0.479 e. The van der Waals surface area contributed by atoms with E-state index >= 15 is 0 Å². The second-order valence-electron chi connectivity index (χ2n) is 4.24. The average Bonchev–Trinajstić information content (AvgIpc) is 2.27. The van der Waals surface area contributed by atoms with Gasteiger partial charge in [0.2, 0.25) is 5.91 Å². The van der Waals surface area contributed by atoms with Gasteiger partial charge >= 0.3 is 11.9 Å². The van der Waals surface area contributed by atoms with Crippen molar-refractivity contribution in [1.82, 2.24) is 5.32 Å². The van der Waals surface area contributed by atoms with Crippen LogP contribution in [0.3, 0.4) is 0 Å². The number of carbonyl (C=O) groups excluding carboxylic acids is 2. The zero-order valence-electron chi connectivity index (χ0n) is 10.2. The number of carbonyl (C=O) groups is 4. The first-order chi connectivity index (χ1) is 8.77. The van der Waals surface area contributed by atoms with Crippen LogP contribution in [0.5, 0.6) is 0 Å². The third-order valence-corrected chi connectivity index (χ3v) is 2.58. The first-order valence-electron chi connectivity index (χ1n) is 5.42. The molecule has 0 aromatic heterocycles. The van der Waals surface area contributed by atoms with Crippen LogP contribution in [0.15, 0.2) is 23.8 Å². The molecule has 0 spiro atoms. The van der Waals surface area contributed by atoms with Crippen LogP contribution in [0.2, 0.25) is 0 Å². The first-order valence-corrected chi connectivity index (χ1v) is 5.42. The van der Waals surface area contributed by atoms with Crippen molar-refractivity contribution in [3.63, 3.8) is 0 Å². The molecule has 0 aromatic carbocycles. The van der Waals surface area contributed by atoms with Crippen LogP contribution in [0.25, 0.3) is 0 Å². The topological polar surface area (TPSA) is 121 Å². The molecule has 1 atom stereocenters. The number of nitrogens with one attached hydrogen (secondary N) is 1. The highest BCUT2D eigenvalue weighted by molar-refractivity contribution is 6.00. The highest BCUT2D eigenvalue weighted by Gasteiger charge is 2.40. The van der Waals surface area contributed by atoms with Gasteiger partial charge in [-0.25, -0.2) is 9.59 Å². The zero-order chi connectivity index (χ0) is 14.6. The molecule has 0 heterocycles. The smallest absolute Gasteiger partial charge is 0.333 e. The molecule has 1 aliphatic rings. The highest BCUT2D eigenvalue weighted by atomic mass is 16.4. The van der Waals surface area contributed by atoms with Gasteiger partial charge in [0.15, 0.2) is 5.54 Å². The Kier molecular flexibility index (Phi) is 4.21. The molecular weight excluding hydrogens is 254 g/mol. The lowest BCUT2D eigenvalue weighted by Gasteiger charge is -2.29. The quantitative estimate of drug-likeness (QED) is 0.597. The Morgan fingerprint density at radius 1 is 1.32 bits per heavy atom. The number of carboxylic acids is 2. The summed E-state index contributed by atoms with van der Waals surface area (Å²) in [5.41, 5.74) is -1.96. The Morgan fingerprint density at radius 3 is 2.42 bits per heavy atom. The van der Waals surface area contributed by atoms with Crippen LogP contribution in [0, 0.1) is 0 Å². The monoisotopic (exact) mass is 267 g/mol. The molecule has 3 N–H and O–H groups in total. The second kappa shape index (κ2) is 5.47. The summed E-state index contributed by atoms with van der Waals surface area (Å²) < 4.78 is 0. The number of hydrogen-bond acceptors (Lipinski definition) is 4. The van der Waals surface area contributed by atoms with Crippen molar-refractivity contribution in [3.8, 4) is 0 Å². The van der Waals surface area contributed by atoms with Gasteiger partial charge in [-0.05, 0) is 13.0 Å². The normalized spacial score (nSPS) is 21.4. The summed E-state index contributed by atoms with van der Waals surface area (Å²) in [5.74, 6) is -3.80. The van der Waals surface area contributed by atoms with Crippen molar-refractivity contribution in [2.45, 2.75) is 25.3 Å². The number of Topliss-reactive ketones (excluding diaryl/α,β-unsaturated/α-hetero) is 1. The maximum atomic E-state index is 11.5. The van der Waals surface area contributed by atoms with Gasteiger partial charge in [0.05, 0.1) is 6.42 Å². The molecule has 1 aliphatic carbocycles. The molecule has 1 amide bonds. The molecule has 102 valence electrons. The molecule has 1 rings (SSSR count). The summed E-state index contributed by atoms with van der Waals surface area (Å²) in [5, 5.41) is 20.3. The molecule has 7 nitrogen and oxygen atoms in total. The number of aliphatic carboxylic acids is 2. The average molecular weight is 267 g/mol. The molecule has 0 aromatic rings. The predicted octanol–water partition coefficient (Wildman–Crippen LogP) is -0.124. The third-order valence-electron chi connectivity index (χ3n) is 2.58. The number of allylic oxidation sites excluding steroid dienone is 2. The second-order valence-corrected chi connectivity index (χ2v) is 4.24. The van der Waals surface area contributed by atoms with Crippen molar-refractivity contribution >= 4 is 23.6 Å². The van der Waals surface area contributed by atoms with Crippen LogP contribution < -0.4 is 5.32 Å². The van der Waals surface area contributed by atoms with Crippen molar-refractivity contribution in [3.05, 3.63) is 23.8 Å². The van der Waals surface area contributed by atoms with E-state index in [0.29, 0.717) is 0 Å². The lowest BCUT2D eigenvalue weighted by atomic mass is 9.86. The van der Waals surface area contributed by atoms with Gasteiger partial charge in [-0.3, -0.25) is 9.59 Å². The van der Waals surface area contributed by atoms with Gasteiger partial charge < -0.3 is 15.5 Å². The molecule has 1 unspecified atom stereocenters. The molecule has 0 fully saturated rings. The third kappa shape index (κ3) is 3.51. The number of ketones is 1. The fourth-order valence-electron chi connectivity index (χ4n) is 1.70. The van der Waals surface area contributed by atoms with Crippen molar-refractivity contribution in [1.29, 1.82) is 0 Å². The van der Waals surface area contributed by atoms with E-state index < -0.39 is 35.6 Å². The van der Waals surface area contributed by atoms with Crippen molar-refractivity contribution < 1.29 is 29.4 Å². The number of hydrogen-bond donors (Lipinski definition) is 3. The minimum atomic E-state index is -1.82. The van der Waals surface area contributed by atoms with Crippen molar-refractivity contribution in [2.24, 2.45) is 0 Å². The summed E-state index contributed by atoms with van der Waals surface area (Å²) >= 11 is 0. The molecule has 0 saturated carbocycles. The molecule has 19 heavy (non-hydrogen) atoms. The van der Waals surface area contributed by atoms with Gasteiger partial charge in [-0.2, -0.15) is 0 Å². The molecule has 7 heteroatoms. The molecule has 0 saturated heterocycles. The number of amides is 1. The van der Waals surface area contributed by atoms with Crippen LogP contribution in [0.1, 0.15) is 19.8 Å². The van der Waals surface area contributed by atoms with E-state index in [2.05, 4.69) is 5.32 Å². The summed E-state index contributed by atoms with van der Waals surface area (Å²) in [7, 11) is 0. The first kappa shape index (κ1) is 14.6. The molecule has 0 radical (unpaired) electrons. The Labute approximate surface area is 108 Å². The maximum absolute atomic E-state index is 11.5. The van der Waals surface area contributed by atoms with Crippen LogP contribution in [-0.4, -0.2) is 39.4 Å². The van der Waals surface area contributed by atoms with E-state index in [1.165, 1.54) is 25.2 Å². The van der Waals surface area contributed by atoms with Gasteiger partial charge in [-0.15, -0.1) is 0 Å². The SMILES string of the molecule is CC(=O)CC(=O)NC1(C(=O)O)C=CC=C(C(=O)O)C1. The lowest BCUT2D eigenvalue weighted by Crippen LogP contribution is -2.54. The summed E-state index contributed by atoms with van der Waals surface area (Å²) in [6.07, 6.45) is 2.89. The van der Waals surface area contributed by atoms with E-state index in [1.807, 2.05) is 0 Å². The fraction of sp³-hybridized carbons (Fsp3) is 0.333. The zero-order valence-corrected chi connectivity index (χ0v) is 10.2. The van der Waals surface area contributed by atoms with Gasteiger partial charge in [0.25, 0.3) is 0 Å². The van der Waals surface area contributed by atoms with Crippen LogP contribution >= 0.6 is 0 Å². The Bertz CT molecular complexity index is 504.